The Morgan fingerprint density at radius 2 is 2.15 bits per heavy atom. The first kappa shape index (κ1) is 17.4. The molecule has 1 atom stereocenters. The molecule has 0 aliphatic rings. The second kappa shape index (κ2) is 9.32. The molecule has 1 N–H and O–H groups in total. The van der Waals surface area contributed by atoms with Crippen LogP contribution in [0.3, 0.4) is 0 Å². The Morgan fingerprint density at radius 1 is 1.40 bits per heavy atom. The van der Waals surface area contributed by atoms with Gasteiger partial charge in [-0.25, -0.2) is 4.98 Å². The molecule has 0 amide bonds. The van der Waals surface area contributed by atoms with Crippen molar-refractivity contribution in [3.8, 4) is 0 Å². The van der Waals surface area contributed by atoms with Crippen LogP contribution in [0, 0.1) is 5.92 Å². The molecule has 1 heterocycles. The summed E-state index contributed by atoms with van der Waals surface area (Å²) in [7, 11) is 1.75. The lowest BCUT2D eigenvalue weighted by Crippen LogP contribution is -2.35. The molecular weight excluding hydrogens is 270 g/mol. The second-order valence-corrected chi connectivity index (χ2v) is 6.43. The van der Waals surface area contributed by atoms with Crippen molar-refractivity contribution in [3.05, 3.63) is 11.1 Å². The van der Waals surface area contributed by atoms with Crippen LogP contribution in [-0.2, 0) is 11.3 Å². The summed E-state index contributed by atoms with van der Waals surface area (Å²) in [5.74, 6) is 0.673. The molecule has 20 heavy (non-hydrogen) atoms. The van der Waals surface area contributed by atoms with Gasteiger partial charge in [-0.15, -0.1) is 11.3 Å². The summed E-state index contributed by atoms with van der Waals surface area (Å²) in [5, 5.41) is 6.71. The van der Waals surface area contributed by atoms with Gasteiger partial charge in [-0.3, -0.25) is 0 Å². The molecule has 4 nitrogen and oxygen atoms in total. The standard InChI is InChI=1S/C15H29N3OS/c1-6-13(4)18(7-8-19-5)15-17-14(11-20-15)10-16-9-12(2)3/h11-13,16H,6-10H2,1-5H3. The molecule has 0 aromatic carbocycles. The second-order valence-electron chi connectivity index (χ2n) is 5.59. The average molecular weight is 299 g/mol. The quantitative estimate of drug-likeness (QED) is 0.720. The maximum atomic E-state index is 5.21. The fraction of sp³-hybridized carbons (Fsp3) is 0.800. The van der Waals surface area contributed by atoms with Crippen molar-refractivity contribution < 1.29 is 4.74 Å². The van der Waals surface area contributed by atoms with Crippen molar-refractivity contribution >= 4 is 16.5 Å². The Bertz CT molecular complexity index is 368. The van der Waals surface area contributed by atoms with E-state index >= 15 is 0 Å². The summed E-state index contributed by atoms with van der Waals surface area (Å²) in [5.41, 5.74) is 1.14. The van der Waals surface area contributed by atoms with Gasteiger partial charge in [-0.05, 0) is 25.8 Å². The maximum absolute atomic E-state index is 5.21. The van der Waals surface area contributed by atoms with Crippen LogP contribution in [0.15, 0.2) is 5.38 Å². The molecule has 5 heteroatoms. The third kappa shape index (κ3) is 5.77. The number of anilines is 1. The highest BCUT2D eigenvalue weighted by Gasteiger charge is 2.16. The van der Waals surface area contributed by atoms with Crippen molar-refractivity contribution in [3.63, 3.8) is 0 Å². The minimum atomic E-state index is 0.493. The van der Waals surface area contributed by atoms with Crippen LogP contribution in [0.1, 0.15) is 39.8 Å². The molecule has 1 unspecified atom stereocenters. The number of rotatable bonds is 10. The van der Waals surface area contributed by atoms with E-state index in [1.54, 1.807) is 18.4 Å². The van der Waals surface area contributed by atoms with Gasteiger partial charge in [0.25, 0.3) is 0 Å². The van der Waals surface area contributed by atoms with Crippen molar-refractivity contribution in [2.75, 3.05) is 31.7 Å². The zero-order valence-corrected chi connectivity index (χ0v) is 14.3. The van der Waals surface area contributed by atoms with E-state index in [9.17, 15) is 0 Å². The molecule has 1 aromatic heterocycles. The molecule has 0 aliphatic heterocycles. The van der Waals surface area contributed by atoms with Gasteiger partial charge in [0.05, 0.1) is 12.3 Å². The number of aromatic nitrogens is 1. The first-order valence-electron chi connectivity index (χ1n) is 7.49. The Kier molecular flexibility index (Phi) is 8.11. The molecule has 1 rings (SSSR count). The van der Waals surface area contributed by atoms with Crippen molar-refractivity contribution in [1.82, 2.24) is 10.3 Å². The Hall–Kier alpha value is -0.650. The van der Waals surface area contributed by atoms with Crippen LogP contribution in [-0.4, -0.2) is 37.8 Å². The predicted octanol–water partition coefficient (Wildman–Crippen LogP) is 3.14. The molecule has 0 saturated heterocycles. The topological polar surface area (TPSA) is 37.4 Å². The number of hydrogen-bond donors (Lipinski definition) is 1. The first-order chi connectivity index (χ1) is 9.58. The van der Waals surface area contributed by atoms with E-state index in [1.165, 1.54) is 0 Å². The van der Waals surface area contributed by atoms with Crippen molar-refractivity contribution in [1.29, 1.82) is 0 Å². The van der Waals surface area contributed by atoms with Crippen LogP contribution in [0.25, 0.3) is 0 Å². The van der Waals surface area contributed by atoms with Crippen molar-refractivity contribution in [2.24, 2.45) is 5.92 Å². The van der Waals surface area contributed by atoms with Gasteiger partial charge in [0.15, 0.2) is 5.13 Å². The fourth-order valence-electron chi connectivity index (χ4n) is 1.91. The molecule has 0 bridgehead atoms. The summed E-state index contributed by atoms with van der Waals surface area (Å²) < 4.78 is 5.21. The van der Waals surface area contributed by atoms with E-state index < -0.39 is 0 Å². The van der Waals surface area contributed by atoms with E-state index in [-0.39, 0.29) is 0 Å². The van der Waals surface area contributed by atoms with E-state index in [2.05, 4.69) is 43.3 Å². The number of hydrogen-bond acceptors (Lipinski definition) is 5. The zero-order chi connectivity index (χ0) is 15.0. The maximum Gasteiger partial charge on any atom is 0.185 e. The molecule has 0 spiro atoms. The number of methoxy groups -OCH3 is 1. The monoisotopic (exact) mass is 299 g/mol. The lowest BCUT2D eigenvalue weighted by Gasteiger charge is -2.27. The van der Waals surface area contributed by atoms with E-state index in [4.69, 9.17) is 9.72 Å². The van der Waals surface area contributed by atoms with Gasteiger partial charge in [0.1, 0.15) is 0 Å². The van der Waals surface area contributed by atoms with E-state index in [0.29, 0.717) is 12.0 Å². The Morgan fingerprint density at radius 3 is 2.75 bits per heavy atom. The average Bonchev–Trinajstić information content (AvgIpc) is 2.87. The smallest absolute Gasteiger partial charge is 0.185 e. The van der Waals surface area contributed by atoms with Gasteiger partial charge in [-0.1, -0.05) is 20.8 Å². The minimum Gasteiger partial charge on any atom is -0.383 e. The first-order valence-corrected chi connectivity index (χ1v) is 8.37. The molecule has 0 saturated carbocycles. The highest BCUT2D eigenvalue weighted by atomic mass is 32.1. The minimum absolute atomic E-state index is 0.493. The number of nitrogens with zero attached hydrogens (tertiary/aromatic N) is 2. The van der Waals surface area contributed by atoms with Crippen LogP contribution in [0.5, 0.6) is 0 Å². The van der Waals surface area contributed by atoms with Gasteiger partial charge in [-0.2, -0.15) is 0 Å². The molecule has 1 aromatic rings. The van der Waals surface area contributed by atoms with Crippen molar-refractivity contribution in [2.45, 2.75) is 46.7 Å². The van der Waals surface area contributed by atoms with Gasteiger partial charge >= 0.3 is 0 Å². The molecule has 0 radical (unpaired) electrons. The van der Waals surface area contributed by atoms with Crippen LogP contribution < -0.4 is 10.2 Å². The summed E-state index contributed by atoms with van der Waals surface area (Å²) in [6, 6.07) is 0.493. The fourth-order valence-corrected chi connectivity index (χ4v) is 2.87. The summed E-state index contributed by atoms with van der Waals surface area (Å²) in [4.78, 5) is 7.10. The molecule has 116 valence electrons. The Labute approximate surface area is 127 Å². The predicted molar refractivity (Wildman–Crippen MR) is 87.6 cm³/mol. The van der Waals surface area contributed by atoms with Crippen LogP contribution in [0.4, 0.5) is 5.13 Å². The summed E-state index contributed by atoms with van der Waals surface area (Å²) >= 11 is 1.73. The highest BCUT2D eigenvalue weighted by Crippen LogP contribution is 2.23. The molecule has 0 fully saturated rings. The lowest BCUT2D eigenvalue weighted by atomic mass is 10.2. The SMILES string of the molecule is CCC(C)N(CCOC)c1nc(CNCC(C)C)cs1. The summed E-state index contributed by atoms with van der Waals surface area (Å²) in [6.07, 6.45) is 1.12. The van der Waals surface area contributed by atoms with E-state index in [1.807, 2.05) is 0 Å². The number of nitrogens with one attached hydrogen (secondary N) is 1. The van der Waals surface area contributed by atoms with Gasteiger partial charge in [0, 0.05) is 31.6 Å². The number of thiazole rings is 1. The normalized spacial score (nSPS) is 12.9. The van der Waals surface area contributed by atoms with E-state index in [0.717, 1.165) is 43.5 Å². The van der Waals surface area contributed by atoms with Crippen LogP contribution >= 0.6 is 11.3 Å². The van der Waals surface area contributed by atoms with Gasteiger partial charge < -0.3 is 15.0 Å². The molecule has 0 aliphatic carbocycles. The molecular formula is C15H29N3OS. The largest absolute Gasteiger partial charge is 0.383 e. The number of ether oxygens (including phenoxy) is 1. The third-order valence-corrected chi connectivity index (χ3v) is 4.23. The zero-order valence-electron chi connectivity index (χ0n) is 13.5. The highest BCUT2D eigenvalue weighted by molar-refractivity contribution is 7.13. The third-order valence-electron chi connectivity index (χ3n) is 3.30. The summed E-state index contributed by atoms with van der Waals surface area (Å²) in [6.45, 7) is 12.4. The Balaban J connectivity index is 2.60. The van der Waals surface area contributed by atoms with Crippen LogP contribution in [0.2, 0.25) is 0 Å². The lowest BCUT2D eigenvalue weighted by molar-refractivity contribution is 0.203. The van der Waals surface area contributed by atoms with Gasteiger partial charge in [0.2, 0.25) is 0 Å².